The quantitative estimate of drug-likeness (QED) is 0.858. The van der Waals surface area contributed by atoms with Crippen LogP contribution in [0.3, 0.4) is 0 Å². The number of anilines is 2. The van der Waals surface area contributed by atoms with Crippen molar-refractivity contribution in [3.05, 3.63) is 23.8 Å². The third-order valence-corrected chi connectivity index (χ3v) is 3.29. The van der Waals surface area contributed by atoms with Crippen molar-refractivity contribution in [1.29, 1.82) is 0 Å². The average molecular weight is 276 g/mol. The first-order chi connectivity index (χ1) is 9.32. The topological polar surface area (TPSA) is 58.6 Å². The molecule has 0 atom stereocenters. The van der Waals surface area contributed by atoms with Crippen LogP contribution < -0.4 is 10.2 Å². The van der Waals surface area contributed by atoms with E-state index in [2.05, 4.69) is 10.1 Å². The number of ether oxygens (including phenoxy) is 1. The first-order valence-corrected chi connectivity index (χ1v) is 6.63. The highest BCUT2D eigenvalue weighted by Gasteiger charge is 2.32. The first-order valence-electron chi connectivity index (χ1n) is 6.63. The van der Waals surface area contributed by atoms with Gasteiger partial charge in [-0.15, -0.1) is 0 Å². The van der Waals surface area contributed by atoms with Gasteiger partial charge in [-0.05, 0) is 30.2 Å². The number of nitrogens with one attached hydrogen (secondary N) is 1. The Bertz CT molecular complexity index is 547. The molecule has 108 valence electrons. The molecule has 0 saturated heterocycles. The van der Waals surface area contributed by atoms with E-state index in [1.54, 1.807) is 6.07 Å². The molecule has 0 aliphatic carbocycles. The van der Waals surface area contributed by atoms with Gasteiger partial charge in [0.1, 0.15) is 0 Å². The molecule has 0 fully saturated rings. The Morgan fingerprint density at radius 1 is 1.30 bits per heavy atom. The Balaban J connectivity index is 2.23. The van der Waals surface area contributed by atoms with Gasteiger partial charge in [-0.2, -0.15) is 0 Å². The fraction of sp³-hybridized carbons (Fsp3) is 0.467. The summed E-state index contributed by atoms with van der Waals surface area (Å²) in [6, 6.07) is 5.55. The molecule has 0 bridgehead atoms. The highest BCUT2D eigenvalue weighted by Crippen LogP contribution is 2.33. The lowest BCUT2D eigenvalue weighted by molar-refractivity contribution is -0.125. The van der Waals surface area contributed by atoms with Crippen LogP contribution >= 0.6 is 0 Å². The normalized spacial score (nSPS) is 13.9. The Morgan fingerprint density at radius 3 is 2.60 bits per heavy atom. The van der Waals surface area contributed by atoms with Gasteiger partial charge in [0.15, 0.2) is 0 Å². The van der Waals surface area contributed by atoms with Crippen LogP contribution in [0.1, 0.15) is 26.3 Å². The van der Waals surface area contributed by atoms with Gasteiger partial charge in [-0.3, -0.25) is 10.1 Å². The van der Waals surface area contributed by atoms with Crippen LogP contribution in [0.4, 0.5) is 16.2 Å². The molecule has 2 amide bonds. The lowest BCUT2D eigenvalue weighted by Gasteiger charge is -2.26. The first kappa shape index (κ1) is 14.4. The van der Waals surface area contributed by atoms with Gasteiger partial charge in [0.05, 0.1) is 7.11 Å². The minimum atomic E-state index is -0.495. The van der Waals surface area contributed by atoms with E-state index in [9.17, 15) is 9.59 Å². The van der Waals surface area contributed by atoms with Crippen molar-refractivity contribution in [3.8, 4) is 0 Å². The maximum absolute atomic E-state index is 12.4. The van der Waals surface area contributed by atoms with Gasteiger partial charge in [-0.25, -0.2) is 4.79 Å². The van der Waals surface area contributed by atoms with Crippen LogP contribution in [-0.2, 0) is 16.0 Å². The Kier molecular flexibility index (Phi) is 3.70. The zero-order valence-corrected chi connectivity index (χ0v) is 12.3. The molecule has 0 aromatic heterocycles. The third kappa shape index (κ3) is 2.76. The van der Waals surface area contributed by atoms with Crippen molar-refractivity contribution in [1.82, 2.24) is 0 Å². The van der Waals surface area contributed by atoms with E-state index >= 15 is 0 Å². The Morgan fingerprint density at radius 2 is 2.00 bits per heavy atom. The number of hydrogen-bond acceptors (Lipinski definition) is 3. The molecule has 1 aliphatic heterocycles. The van der Waals surface area contributed by atoms with E-state index in [4.69, 9.17) is 0 Å². The van der Waals surface area contributed by atoms with Crippen LogP contribution in [0.5, 0.6) is 0 Å². The Hall–Kier alpha value is -2.04. The maximum Gasteiger partial charge on any atom is 0.411 e. The largest absolute Gasteiger partial charge is 0.453 e. The molecule has 5 heteroatoms. The number of benzene rings is 1. The molecule has 20 heavy (non-hydrogen) atoms. The van der Waals surface area contributed by atoms with E-state index in [1.165, 1.54) is 7.11 Å². The molecule has 2 rings (SSSR count). The molecule has 0 radical (unpaired) electrons. The fourth-order valence-electron chi connectivity index (χ4n) is 2.26. The van der Waals surface area contributed by atoms with Crippen LogP contribution in [-0.4, -0.2) is 25.7 Å². The molecule has 5 nitrogen and oxygen atoms in total. The van der Waals surface area contributed by atoms with Crippen molar-refractivity contribution in [2.45, 2.75) is 27.2 Å². The standard InChI is InChI=1S/C15H20N2O3/c1-15(2,3)13(18)17-8-7-10-9-11(5-6-12(10)17)16-14(19)20-4/h5-6,9H,7-8H2,1-4H3,(H,16,19). The zero-order chi connectivity index (χ0) is 14.9. The van der Waals surface area contributed by atoms with Gasteiger partial charge in [0.2, 0.25) is 5.91 Å². The predicted octanol–water partition coefficient (Wildman–Crippen LogP) is 2.80. The number of methoxy groups -OCH3 is 1. The molecule has 0 spiro atoms. The summed E-state index contributed by atoms with van der Waals surface area (Å²) < 4.78 is 4.56. The van der Waals surface area contributed by atoms with E-state index in [1.807, 2.05) is 37.8 Å². The number of nitrogens with zero attached hydrogens (tertiary/aromatic N) is 1. The number of fused-ring (bicyclic) bond motifs is 1. The van der Waals surface area contributed by atoms with Crippen molar-refractivity contribution < 1.29 is 14.3 Å². The highest BCUT2D eigenvalue weighted by atomic mass is 16.5. The summed E-state index contributed by atoms with van der Waals surface area (Å²) in [6.07, 6.45) is 0.305. The fourth-order valence-corrected chi connectivity index (χ4v) is 2.26. The molecule has 1 aromatic rings. The minimum Gasteiger partial charge on any atom is -0.453 e. The summed E-state index contributed by atoms with van der Waals surface area (Å²) in [5.74, 6) is 0.116. The van der Waals surface area contributed by atoms with Gasteiger partial charge < -0.3 is 9.64 Å². The molecular weight excluding hydrogens is 256 g/mol. The lowest BCUT2D eigenvalue weighted by Crippen LogP contribution is -2.38. The van der Waals surface area contributed by atoms with Crippen molar-refractivity contribution in [2.24, 2.45) is 5.41 Å². The van der Waals surface area contributed by atoms with E-state index in [0.717, 1.165) is 17.7 Å². The molecule has 0 saturated carbocycles. The van der Waals surface area contributed by atoms with Gasteiger partial charge in [0, 0.05) is 23.3 Å². The van der Waals surface area contributed by atoms with E-state index in [-0.39, 0.29) is 5.91 Å². The molecule has 1 aromatic carbocycles. The second-order valence-corrected chi connectivity index (χ2v) is 5.92. The summed E-state index contributed by atoms with van der Waals surface area (Å²) in [5.41, 5.74) is 2.28. The minimum absolute atomic E-state index is 0.116. The molecular formula is C15H20N2O3. The van der Waals surface area contributed by atoms with Crippen LogP contribution in [0, 0.1) is 5.41 Å². The number of rotatable bonds is 1. The van der Waals surface area contributed by atoms with Crippen LogP contribution in [0.2, 0.25) is 0 Å². The maximum atomic E-state index is 12.4. The summed E-state index contributed by atoms with van der Waals surface area (Å²) >= 11 is 0. The van der Waals surface area contributed by atoms with Gasteiger partial charge >= 0.3 is 6.09 Å². The number of hydrogen-bond donors (Lipinski definition) is 1. The third-order valence-electron chi connectivity index (χ3n) is 3.29. The zero-order valence-electron chi connectivity index (χ0n) is 12.3. The molecule has 1 aliphatic rings. The molecule has 0 unspecified atom stereocenters. The predicted molar refractivity (Wildman–Crippen MR) is 78.0 cm³/mol. The van der Waals surface area contributed by atoms with Crippen LogP contribution in [0.25, 0.3) is 0 Å². The molecule has 1 N–H and O–H groups in total. The van der Waals surface area contributed by atoms with Crippen molar-refractivity contribution >= 4 is 23.4 Å². The lowest BCUT2D eigenvalue weighted by atomic mass is 9.94. The van der Waals surface area contributed by atoms with Crippen molar-refractivity contribution in [3.63, 3.8) is 0 Å². The summed E-state index contributed by atoms with van der Waals surface area (Å²) in [5, 5.41) is 2.63. The molecule has 1 heterocycles. The van der Waals surface area contributed by atoms with Crippen LogP contribution in [0.15, 0.2) is 18.2 Å². The Labute approximate surface area is 118 Å². The SMILES string of the molecule is COC(=O)Nc1ccc2c(c1)CCN2C(=O)C(C)(C)C. The monoisotopic (exact) mass is 276 g/mol. The van der Waals surface area contributed by atoms with E-state index < -0.39 is 11.5 Å². The number of carbonyl (C=O) groups excluding carboxylic acids is 2. The smallest absolute Gasteiger partial charge is 0.411 e. The number of amides is 2. The average Bonchev–Trinajstić information content (AvgIpc) is 2.79. The van der Waals surface area contributed by atoms with Gasteiger partial charge in [-0.1, -0.05) is 20.8 Å². The number of carbonyl (C=O) groups is 2. The summed E-state index contributed by atoms with van der Waals surface area (Å²) in [4.78, 5) is 25.4. The van der Waals surface area contributed by atoms with E-state index in [0.29, 0.717) is 12.2 Å². The summed E-state index contributed by atoms with van der Waals surface area (Å²) in [7, 11) is 1.33. The highest BCUT2D eigenvalue weighted by molar-refractivity contribution is 5.99. The van der Waals surface area contributed by atoms with Gasteiger partial charge in [0.25, 0.3) is 0 Å². The second-order valence-electron chi connectivity index (χ2n) is 5.92. The summed E-state index contributed by atoms with van der Waals surface area (Å²) in [6.45, 7) is 6.44. The second kappa shape index (κ2) is 5.15. The van der Waals surface area contributed by atoms with Crippen molar-refractivity contribution in [2.75, 3.05) is 23.9 Å².